The lowest BCUT2D eigenvalue weighted by Gasteiger charge is -2.18. The second kappa shape index (κ2) is 7.76. The number of aryl methyl sites for hydroxylation is 1. The van der Waals surface area contributed by atoms with E-state index in [9.17, 15) is 14.3 Å². The fourth-order valence-electron chi connectivity index (χ4n) is 3.23. The molecule has 5 heteroatoms. The first-order chi connectivity index (χ1) is 12.0. The van der Waals surface area contributed by atoms with Gasteiger partial charge in [-0.1, -0.05) is 24.3 Å². The lowest BCUT2D eigenvalue weighted by Crippen LogP contribution is -2.25. The maximum Gasteiger partial charge on any atom is 0.251 e. The van der Waals surface area contributed by atoms with Gasteiger partial charge in [0, 0.05) is 31.7 Å². The molecule has 4 nitrogen and oxygen atoms in total. The van der Waals surface area contributed by atoms with Gasteiger partial charge >= 0.3 is 0 Å². The van der Waals surface area contributed by atoms with Crippen molar-refractivity contribution in [3.05, 3.63) is 70.5 Å². The van der Waals surface area contributed by atoms with Crippen molar-refractivity contribution in [1.82, 2.24) is 10.2 Å². The molecule has 0 spiro atoms. The molecule has 132 valence electrons. The fraction of sp³-hybridized carbons (Fsp3) is 0.350. The van der Waals surface area contributed by atoms with E-state index in [1.807, 2.05) is 24.3 Å². The Morgan fingerprint density at radius 3 is 2.72 bits per heavy atom. The monoisotopic (exact) mass is 342 g/mol. The third-order valence-electron chi connectivity index (χ3n) is 4.50. The Labute approximate surface area is 147 Å². The second-order valence-corrected chi connectivity index (χ2v) is 6.65. The number of amides is 1. The summed E-state index contributed by atoms with van der Waals surface area (Å²) in [5.41, 5.74) is 3.22. The van der Waals surface area contributed by atoms with Crippen LogP contribution in [-0.2, 0) is 13.1 Å². The number of rotatable bonds is 5. The minimum Gasteiger partial charge on any atom is -0.392 e. The third kappa shape index (κ3) is 4.65. The van der Waals surface area contributed by atoms with E-state index in [1.54, 1.807) is 13.0 Å². The number of carbonyl (C=O) groups is 1. The number of halogens is 1. The zero-order valence-corrected chi connectivity index (χ0v) is 14.3. The first-order valence-corrected chi connectivity index (χ1v) is 8.54. The molecule has 0 aromatic heterocycles. The number of β-amino-alcohol motifs (C(OH)–C–C–N with tert-alkyl or cyclic N) is 1. The molecule has 2 aromatic carbocycles. The molecule has 0 saturated carbocycles. The molecule has 1 aliphatic heterocycles. The number of aliphatic hydroxyl groups excluding tert-OH is 1. The summed E-state index contributed by atoms with van der Waals surface area (Å²) in [6.07, 6.45) is 0.556. The molecule has 1 saturated heterocycles. The summed E-state index contributed by atoms with van der Waals surface area (Å²) in [7, 11) is 0. The quantitative estimate of drug-likeness (QED) is 0.878. The summed E-state index contributed by atoms with van der Waals surface area (Å²) in [6, 6.07) is 12.3. The van der Waals surface area contributed by atoms with E-state index in [1.165, 1.54) is 12.1 Å². The summed E-state index contributed by atoms with van der Waals surface area (Å²) in [6.45, 7) is 4.47. The highest BCUT2D eigenvalue weighted by atomic mass is 19.1. The van der Waals surface area contributed by atoms with E-state index >= 15 is 0 Å². The molecule has 2 N–H and O–H groups in total. The summed E-state index contributed by atoms with van der Waals surface area (Å²) in [5.74, 6) is -0.688. The molecule has 3 rings (SSSR count). The van der Waals surface area contributed by atoms with E-state index in [2.05, 4.69) is 10.2 Å². The van der Waals surface area contributed by atoms with Crippen LogP contribution in [0.15, 0.2) is 42.5 Å². The molecule has 1 heterocycles. The minimum absolute atomic E-state index is 0.247. The van der Waals surface area contributed by atoms with Gasteiger partial charge in [-0.25, -0.2) is 4.39 Å². The molecule has 1 atom stereocenters. The number of aliphatic hydroxyl groups is 1. The Kier molecular flexibility index (Phi) is 5.46. The maximum absolute atomic E-state index is 13.5. The van der Waals surface area contributed by atoms with Gasteiger partial charge < -0.3 is 10.4 Å². The third-order valence-corrected chi connectivity index (χ3v) is 4.50. The highest BCUT2D eigenvalue weighted by molar-refractivity contribution is 5.94. The molecule has 25 heavy (non-hydrogen) atoms. The summed E-state index contributed by atoms with van der Waals surface area (Å²) >= 11 is 0. The Balaban J connectivity index is 1.65. The largest absolute Gasteiger partial charge is 0.392 e. The SMILES string of the molecule is Cc1cc(F)cc(C(=O)NCc2ccccc2CN2CC[C@@H](O)C2)c1. The molecule has 0 bridgehead atoms. The summed E-state index contributed by atoms with van der Waals surface area (Å²) in [4.78, 5) is 14.5. The number of likely N-dealkylation sites (tertiary alicyclic amines) is 1. The van der Waals surface area contributed by atoms with Crippen LogP contribution < -0.4 is 5.32 Å². The number of nitrogens with zero attached hydrogens (tertiary/aromatic N) is 1. The zero-order valence-electron chi connectivity index (χ0n) is 14.3. The van der Waals surface area contributed by atoms with Crippen molar-refractivity contribution < 1.29 is 14.3 Å². The second-order valence-electron chi connectivity index (χ2n) is 6.65. The fourth-order valence-corrected chi connectivity index (χ4v) is 3.23. The highest BCUT2D eigenvalue weighted by Crippen LogP contribution is 2.17. The van der Waals surface area contributed by atoms with Crippen LogP contribution in [-0.4, -0.2) is 35.1 Å². The average molecular weight is 342 g/mol. The minimum atomic E-state index is -0.404. The van der Waals surface area contributed by atoms with Crippen LogP contribution >= 0.6 is 0 Å². The number of benzene rings is 2. The molecule has 1 fully saturated rings. The van der Waals surface area contributed by atoms with Gasteiger partial charge in [0.25, 0.3) is 5.91 Å². The van der Waals surface area contributed by atoms with Crippen LogP contribution in [0.4, 0.5) is 4.39 Å². The highest BCUT2D eigenvalue weighted by Gasteiger charge is 2.20. The van der Waals surface area contributed by atoms with E-state index < -0.39 is 5.82 Å². The lowest BCUT2D eigenvalue weighted by atomic mass is 10.1. The van der Waals surface area contributed by atoms with Gasteiger partial charge in [0.15, 0.2) is 0 Å². The van der Waals surface area contributed by atoms with Gasteiger partial charge in [-0.15, -0.1) is 0 Å². The number of nitrogens with one attached hydrogen (secondary N) is 1. The van der Waals surface area contributed by atoms with Crippen LogP contribution in [0.5, 0.6) is 0 Å². The van der Waals surface area contributed by atoms with Gasteiger partial charge in [-0.2, -0.15) is 0 Å². The zero-order chi connectivity index (χ0) is 17.8. The molecular formula is C20H23FN2O2. The first-order valence-electron chi connectivity index (χ1n) is 8.54. The summed E-state index contributed by atoms with van der Waals surface area (Å²) in [5, 5.41) is 12.5. The molecule has 1 aliphatic rings. The van der Waals surface area contributed by atoms with Crippen molar-refractivity contribution in [3.63, 3.8) is 0 Å². The van der Waals surface area contributed by atoms with Crippen molar-refractivity contribution in [1.29, 1.82) is 0 Å². The van der Waals surface area contributed by atoms with E-state index in [0.717, 1.165) is 36.2 Å². The van der Waals surface area contributed by atoms with E-state index in [-0.39, 0.29) is 12.0 Å². The van der Waals surface area contributed by atoms with Crippen molar-refractivity contribution >= 4 is 5.91 Å². The van der Waals surface area contributed by atoms with Crippen LogP contribution in [0.1, 0.15) is 33.5 Å². The number of hydrogen-bond donors (Lipinski definition) is 2. The predicted molar refractivity (Wildman–Crippen MR) is 94.7 cm³/mol. The van der Waals surface area contributed by atoms with E-state index in [4.69, 9.17) is 0 Å². The van der Waals surface area contributed by atoms with Gasteiger partial charge in [0.1, 0.15) is 5.82 Å². The first kappa shape index (κ1) is 17.6. The lowest BCUT2D eigenvalue weighted by molar-refractivity contribution is 0.0950. The van der Waals surface area contributed by atoms with Crippen molar-refractivity contribution in [2.24, 2.45) is 0 Å². The number of hydrogen-bond acceptors (Lipinski definition) is 3. The van der Waals surface area contributed by atoms with Crippen molar-refractivity contribution in [3.8, 4) is 0 Å². The Morgan fingerprint density at radius 2 is 2.04 bits per heavy atom. The smallest absolute Gasteiger partial charge is 0.251 e. The molecule has 1 amide bonds. The molecular weight excluding hydrogens is 319 g/mol. The molecule has 0 radical (unpaired) electrons. The Morgan fingerprint density at radius 1 is 1.28 bits per heavy atom. The Hall–Kier alpha value is -2.24. The standard InChI is InChI=1S/C20H23FN2O2/c1-14-8-17(10-18(21)9-14)20(25)22-11-15-4-2-3-5-16(15)12-23-7-6-19(24)13-23/h2-5,8-10,19,24H,6-7,11-13H2,1H3,(H,22,25)/t19-/m1/s1. The molecule has 0 aliphatic carbocycles. The Bertz CT molecular complexity index is 743. The molecule has 0 unspecified atom stereocenters. The average Bonchev–Trinajstić information content (AvgIpc) is 2.98. The van der Waals surface area contributed by atoms with Gasteiger partial charge in [0.2, 0.25) is 0 Å². The van der Waals surface area contributed by atoms with E-state index in [0.29, 0.717) is 18.7 Å². The van der Waals surface area contributed by atoms with Gasteiger partial charge in [0.05, 0.1) is 6.10 Å². The maximum atomic E-state index is 13.5. The summed E-state index contributed by atoms with van der Waals surface area (Å²) < 4.78 is 13.5. The van der Waals surface area contributed by atoms with Crippen LogP contribution in [0.2, 0.25) is 0 Å². The van der Waals surface area contributed by atoms with Crippen LogP contribution in [0.3, 0.4) is 0 Å². The van der Waals surface area contributed by atoms with Crippen LogP contribution in [0.25, 0.3) is 0 Å². The predicted octanol–water partition coefficient (Wildman–Crippen LogP) is 2.63. The number of carbonyl (C=O) groups excluding carboxylic acids is 1. The van der Waals surface area contributed by atoms with Crippen molar-refractivity contribution in [2.75, 3.05) is 13.1 Å². The normalized spacial score (nSPS) is 17.6. The van der Waals surface area contributed by atoms with Gasteiger partial charge in [-0.05, 0) is 48.2 Å². The topological polar surface area (TPSA) is 52.6 Å². The van der Waals surface area contributed by atoms with Crippen molar-refractivity contribution in [2.45, 2.75) is 32.5 Å². The van der Waals surface area contributed by atoms with Crippen LogP contribution in [0, 0.1) is 12.7 Å². The van der Waals surface area contributed by atoms with Gasteiger partial charge in [-0.3, -0.25) is 9.69 Å². The molecule has 2 aromatic rings.